The van der Waals surface area contributed by atoms with E-state index in [1.165, 1.54) is 11.3 Å². The number of rotatable bonds is 2. The van der Waals surface area contributed by atoms with Gasteiger partial charge >= 0.3 is 0 Å². The summed E-state index contributed by atoms with van der Waals surface area (Å²) in [5.41, 5.74) is 3.47. The van der Waals surface area contributed by atoms with Gasteiger partial charge in [0.05, 0.1) is 19.9 Å². The number of fused-ring (bicyclic) bond motifs is 1. The minimum atomic E-state index is -0.160. The van der Waals surface area contributed by atoms with E-state index >= 15 is 0 Å². The molecule has 1 aliphatic rings. The highest BCUT2D eigenvalue weighted by Crippen LogP contribution is 2.45. The predicted molar refractivity (Wildman–Crippen MR) is 88.9 cm³/mol. The molecule has 3 rings (SSSR count). The van der Waals surface area contributed by atoms with Gasteiger partial charge in [-0.2, -0.15) is 0 Å². The van der Waals surface area contributed by atoms with Crippen molar-refractivity contribution in [1.29, 1.82) is 0 Å². The summed E-state index contributed by atoms with van der Waals surface area (Å²) < 4.78 is 1.26. The van der Waals surface area contributed by atoms with Crippen LogP contribution in [0.5, 0.6) is 0 Å². The molecule has 1 amide bonds. The summed E-state index contributed by atoms with van der Waals surface area (Å²) in [6.07, 6.45) is 0.372. The van der Waals surface area contributed by atoms with E-state index in [9.17, 15) is 4.79 Å². The molecule has 0 fully saturated rings. The summed E-state index contributed by atoms with van der Waals surface area (Å²) in [7, 11) is 0. The molecule has 1 atom stereocenters. The van der Waals surface area contributed by atoms with E-state index < -0.39 is 0 Å². The maximum atomic E-state index is 11.4. The van der Waals surface area contributed by atoms with Gasteiger partial charge in [-0.15, -0.1) is 11.3 Å². The van der Waals surface area contributed by atoms with Crippen molar-refractivity contribution < 1.29 is 4.79 Å². The van der Waals surface area contributed by atoms with Crippen LogP contribution in [0.1, 0.15) is 21.5 Å². The molecule has 2 aromatic rings. The van der Waals surface area contributed by atoms with Crippen molar-refractivity contribution in [3.63, 3.8) is 0 Å². The van der Waals surface area contributed by atoms with Crippen molar-refractivity contribution >= 4 is 73.7 Å². The lowest BCUT2D eigenvalue weighted by Gasteiger charge is -2.13. The van der Waals surface area contributed by atoms with Gasteiger partial charge in [-0.25, -0.2) is 0 Å². The molecular formula is C13H7BrCl3NOS. The van der Waals surface area contributed by atoms with Crippen LogP contribution in [-0.2, 0) is 11.2 Å². The quantitative estimate of drug-likeness (QED) is 0.632. The van der Waals surface area contributed by atoms with E-state index in [-0.39, 0.29) is 10.7 Å². The summed E-state index contributed by atoms with van der Waals surface area (Å²) in [5.74, 6) is -0.0176. The second-order valence-corrected chi connectivity index (χ2v) is 8.01. The van der Waals surface area contributed by atoms with Crippen molar-refractivity contribution in [2.75, 3.05) is 5.32 Å². The van der Waals surface area contributed by atoms with Gasteiger partial charge in [0.25, 0.3) is 0 Å². The molecule has 20 heavy (non-hydrogen) atoms. The Balaban J connectivity index is 2.04. The number of carbonyl (C=O) groups excluding carboxylic acids is 1. The Kier molecular flexibility index (Phi) is 4.04. The summed E-state index contributed by atoms with van der Waals surface area (Å²) in [6, 6.07) is 5.52. The minimum absolute atomic E-state index is 0.0176. The SMILES string of the molecule is O=C1Cc2cc(C(Br)c3cc(Cl)sc3Cl)c(Cl)cc2N1. The topological polar surface area (TPSA) is 29.1 Å². The molecule has 1 N–H and O–H groups in total. The van der Waals surface area contributed by atoms with Crippen LogP contribution in [0.4, 0.5) is 5.69 Å². The number of nitrogens with one attached hydrogen (secondary N) is 1. The molecular weight excluding hydrogens is 404 g/mol. The van der Waals surface area contributed by atoms with Crippen LogP contribution in [0.25, 0.3) is 0 Å². The number of anilines is 1. The van der Waals surface area contributed by atoms with Crippen LogP contribution in [-0.4, -0.2) is 5.91 Å². The van der Waals surface area contributed by atoms with E-state index in [0.717, 1.165) is 22.4 Å². The van der Waals surface area contributed by atoms with Crippen molar-refractivity contribution in [3.8, 4) is 0 Å². The zero-order chi connectivity index (χ0) is 14.4. The average molecular weight is 412 g/mol. The molecule has 0 spiro atoms. The van der Waals surface area contributed by atoms with Crippen molar-refractivity contribution in [3.05, 3.63) is 48.6 Å². The first kappa shape index (κ1) is 14.7. The zero-order valence-electron chi connectivity index (χ0n) is 9.84. The van der Waals surface area contributed by atoms with E-state index in [0.29, 0.717) is 20.1 Å². The summed E-state index contributed by atoms with van der Waals surface area (Å²) in [4.78, 5) is 11.3. The Morgan fingerprint density at radius 1 is 1.20 bits per heavy atom. The highest BCUT2D eigenvalue weighted by atomic mass is 79.9. The Bertz CT molecular complexity index is 716. The van der Waals surface area contributed by atoms with E-state index in [2.05, 4.69) is 21.2 Å². The average Bonchev–Trinajstić information content (AvgIpc) is 2.88. The molecule has 104 valence electrons. The third-order valence-corrected chi connectivity index (χ3v) is 5.91. The first-order valence-corrected chi connectivity index (χ1v) is 8.53. The highest BCUT2D eigenvalue weighted by Gasteiger charge is 2.24. The number of carbonyl (C=O) groups is 1. The molecule has 7 heteroatoms. The fraction of sp³-hybridized carbons (Fsp3) is 0.154. The predicted octanol–water partition coefficient (Wildman–Crippen LogP) is 5.69. The number of hydrogen-bond donors (Lipinski definition) is 1. The third-order valence-electron chi connectivity index (χ3n) is 3.08. The van der Waals surface area contributed by atoms with Crippen LogP contribution in [0.15, 0.2) is 18.2 Å². The van der Waals surface area contributed by atoms with Gasteiger partial charge < -0.3 is 5.32 Å². The van der Waals surface area contributed by atoms with Crippen LogP contribution in [0, 0.1) is 0 Å². The van der Waals surface area contributed by atoms with Crippen molar-refractivity contribution in [2.45, 2.75) is 11.2 Å². The first-order valence-electron chi connectivity index (χ1n) is 5.66. The lowest BCUT2D eigenvalue weighted by atomic mass is 10.0. The molecule has 2 nitrogen and oxygen atoms in total. The van der Waals surface area contributed by atoms with Crippen LogP contribution >= 0.6 is 62.1 Å². The number of amides is 1. The van der Waals surface area contributed by atoms with Gasteiger partial charge in [0, 0.05) is 16.3 Å². The molecule has 0 radical (unpaired) electrons. The molecule has 1 unspecified atom stereocenters. The van der Waals surface area contributed by atoms with Gasteiger partial charge in [0.15, 0.2) is 0 Å². The minimum Gasteiger partial charge on any atom is -0.325 e. The Labute approximate surface area is 143 Å². The second kappa shape index (κ2) is 5.50. The van der Waals surface area contributed by atoms with E-state index in [1.807, 2.05) is 12.1 Å². The number of halogens is 4. The van der Waals surface area contributed by atoms with E-state index in [1.54, 1.807) is 6.07 Å². The normalized spacial score (nSPS) is 15.1. The Hall–Kier alpha value is -0.260. The zero-order valence-corrected chi connectivity index (χ0v) is 14.5. The second-order valence-electron chi connectivity index (χ2n) is 4.40. The number of hydrogen-bond acceptors (Lipinski definition) is 2. The molecule has 0 bridgehead atoms. The van der Waals surface area contributed by atoms with Crippen molar-refractivity contribution in [1.82, 2.24) is 0 Å². The molecule has 2 heterocycles. The lowest BCUT2D eigenvalue weighted by molar-refractivity contribution is -0.115. The van der Waals surface area contributed by atoms with Crippen molar-refractivity contribution in [2.24, 2.45) is 0 Å². The number of alkyl halides is 1. The Morgan fingerprint density at radius 2 is 1.95 bits per heavy atom. The largest absolute Gasteiger partial charge is 0.325 e. The molecule has 0 saturated heterocycles. The van der Waals surface area contributed by atoms with Gasteiger partial charge in [0.2, 0.25) is 5.91 Å². The summed E-state index contributed by atoms with van der Waals surface area (Å²) in [5, 5.41) is 3.35. The van der Waals surface area contributed by atoms with Crippen LogP contribution in [0.3, 0.4) is 0 Å². The molecule has 0 aliphatic carbocycles. The molecule has 1 aliphatic heterocycles. The third kappa shape index (κ3) is 2.60. The summed E-state index contributed by atoms with van der Waals surface area (Å²) >= 11 is 23.4. The monoisotopic (exact) mass is 409 g/mol. The van der Waals surface area contributed by atoms with Crippen LogP contribution in [0.2, 0.25) is 13.7 Å². The highest BCUT2D eigenvalue weighted by molar-refractivity contribution is 9.09. The maximum Gasteiger partial charge on any atom is 0.228 e. The van der Waals surface area contributed by atoms with Gasteiger partial charge in [-0.05, 0) is 23.3 Å². The fourth-order valence-electron chi connectivity index (χ4n) is 2.15. The van der Waals surface area contributed by atoms with Crippen LogP contribution < -0.4 is 5.32 Å². The molecule has 1 aromatic carbocycles. The van der Waals surface area contributed by atoms with E-state index in [4.69, 9.17) is 34.8 Å². The Morgan fingerprint density at radius 3 is 2.60 bits per heavy atom. The number of thiophene rings is 1. The maximum absolute atomic E-state index is 11.4. The molecule has 0 saturated carbocycles. The fourth-order valence-corrected chi connectivity index (χ4v) is 5.11. The smallest absolute Gasteiger partial charge is 0.228 e. The van der Waals surface area contributed by atoms with Gasteiger partial charge in [-0.1, -0.05) is 56.8 Å². The van der Waals surface area contributed by atoms with Gasteiger partial charge in [0.1, 0.15) is 0 Å². The molecule has 1 aromatic heterocycles. The summed E-state index contributed by atoms with van der Waals surface area (Å²) in [6.45, 7) is 0. The first-order chi connectivity index (χ1) is 9.45. The van der Waals surface area contributed by atoms with Gasteiger partial charge in [-0.3, -0.25) is 4.79 Å². The number of benzene rings is 1. The standard InChI is InChI=1S/C13H7BrCl3NOS/c14-12(7-3-10(16)20-13(7)17)6-1-5-2-11(19)18-9(5)4-8(6)15/h1,3-4,12H,2H2,(H,18,19). The lowest BCUT2D eigenvalue weighted by Crippen LogP contribution is -2.03.